The van der Waals surface area contributed by atoms with Crippen molar-refractivity contribution < 1.29 is 4.79 Å². The number of hydrogen-bond acceptors (Lipinski definition) is 3. The molecular weight excluding hydrogens is 228 g/mol. The lowest BCUT2D eigenvalue weighted by Crippen LogP contribution is -2.26. The molecule has 1 unspecified atom stereocenters. The third-order valence-electron chi connectivity index (χ3n) is 2.75. The van der Waals surface area contributed by atoms with Gasteiger partial charge in [-0.15, -0.1) is 0 Å². The molecule has 0 fully saturated rings. The Morgan fingerprint density at radius 2 is 2.06 bits per heavy atom. The standard InChI is InChI=1S/C13H16N4O/c1-9(11-7-15-17(2)8-11)16-13(18)10-3-5-12(14)6-4-10/h3-9H,14H2,1-2H3,(H,16,18). The Kier molecular flexibility index (Phi) is 3.32. The molecule has 1 atom stereocenters. The Balaban J connectivity index is 2.05. The lowest BCUT2D eigenvalue weighted by atomic mass is 10.1. The Hall–Kier alpha value is -2.30. The number of carbonyl (C=O) groups is 1. The summed E-state index contributed by atoms with van der Waals surface area (Å²) in [4.78, 5) is 12.0. The molecule has 0 aliphatic heterocycles. The molecule has 0 saturated carbocycles. The van der Waals surface area contributed by atoms with Crippen LogP contribution in [0, 0.1) is 0 Å². The first-order valence-electron chi connectivity index (χ1n) is 5.71. The number of benzene rings is 1. The second-order valence-corrected chi connectivity index (χ2v) is 4.26. The minimum absolute atomic E-state index is 0.0799. The molecule has 0 radical (unpaired) electrons. The largest absolute Gasteiger partial charge is 0.399 e. The fraction of sp³-hybridized carbons (Fsp3) is 0.231. The van der Waals surface area contributed by atoms with Gasteiger partial charge in [0.1, 0.15) is 0 Å². The van der Waals surface area contributed by atoms with Gasteiger partial charge < -0.3 is 11.1 Å². The highest BCUT2D eigenvalue weighted by atomic mass is 16.1. The lowest BCUT2D eigenvalue weighted by Gasteiger charge is -2.12. The van der Waals surface area contributed by atoms with Crippen molar-refractivity contribution in [2.45, 2.75) is 13.0 Å². The van der Waals surface area contributed by atoms with E-state index < -0.39 is 0 Å². The van der Waals surface area contributed by atoms with Gasteiger partial charge in [0.25, 0.3) is 5.91 Å². The molecule has 3 N–H and O–H groups in total. The molecule has 5 heteroatoms. The van der Waals surface area contributed by atoms with E-state index in [-0.39, 0.29) is 11.9 Å². The van der Waals surface area contributed by atoms with Crippen molar-refractivity contribution in [3.05, 3.63) is 47.8 Å². The molecule has 2 rings (SSSR count). The van der Waals surface area contributed by atoms with Crippen LogP contribution in [-0.2, 0) is 7.05 Å². The number of anilines is 1. The van der Waals surface area contributed by atoms with Crippen LogP contribution in [0.5, 0.6) is 0 Å². The van der Waals surface area contributed by atoms with Crippen molar-refractivity contribution in [1.82, 2.24) is 15.1 Å². The smallest absolute Gasteiger partial charge is 0.251 e. The van der Waals surface area contributed by atoms with E-state index in [4.69, 9.17) is 5.73 Å². The predicted molar refractivity (Wildman–Crippen MR) is 69.9 cm³/mol. The summed E-state index contributed by atoms with van der Waals surface area (Å²) in [5, 5.41) is 6.99. The lowest BCUT2D eigenvalue weighted by molar-refractivity contribution is 0.0940. The molecule has 0 saturated heterocycles. The number of aryl methyl sites for hydroxylation is 1. The normalized spacial score (nSPS) is 12.1. The number of nitrogens with zero attached hydrogens (tertiary/aromatic N) is 2. The van der Waals surface area contributed by atoms with Crippen LogP contribution in [0.4, 0.5) is 5.69 Å². The molecule has 0 spiro atoms. The van der Waals surface area contributed by atoms with Crippen molar-refractivity contribution in [2.75, 3.05) is 5.73 Å². The maximum absolute atomic E-state index is 12.0. The van der Waals surface area contributed by atoms with E-state index in [1.54, 1.807) is 35.1 Å². The summed E-state index contributed by atoms with van der Waals surface area (Å²) >= 11 is 0. The van der Waals surface area contributed by atoms with Crippen molar-refractivity contribution in [3.8, 4) is 0 Å². The van der Waals surface area contributed by atoms with Gasteiger partial charge in [-0.1, -0.05) is 0 Å². The zero-order chi connectivity index (χ0) is 13.1. The number of hydrogen-bond donors (Lipinski definition) is 2. The van der Waals surface area contributed by atoms with Gasteiger partial charge in [0, 0.05) is 30.1 Å². The maximum atomic E-state index is 12.0. The average molecular weight is 244 g/mol. The van der Waals surface area contributed by atoms with E-state index in [9.17, 15) is 4.79 Å². The maximum Gasteiger partial charge on any atom is 0.251 e. The number of amides is 1. The molecule has 1 heterocycles. The van der Waals surface area contributed by atoms with E-state index in [2.05, 4.69) is 10.4 Å². The van der Waals surface area contributed by atoms with Crippen LogP contribution >= 0.6 is 0 Å². The molecular formula is C13H16N4O. The molecule has 1 aromatic heterocycles. The van der Waals surface area contributed by atoms with E-state index in [0.717, 1.165) is 5.56 Å². The van der Waals surface area contributed by atoms with Gasteiger partial charge in [-0.05, 0) is 31.2 Å². The van der Waals surface area contributed by atoms with Gasteiger partial charge in [0.15, 0.2) is 0 Å². The highest BCUT2D eigenvalue weighted by Gasteiger charge is 2.12. The van der Waals surface area contributed by atoms with E-state index in [1.165, 1.54) is 0 Å². The molecule has 0 bridgehead atoms. The number of aromatic nitrogens is 2. The van der Waals surface area contributed by atoms with Gasteiger partial charge >= 0.3 is 0 Å². The monoisotopic (exact) mass is 244 g/mol. The van der Waals surface area contributed by atoms with Crippen LogP contribution in [-0.4, -0.2) is 15.7 Å². The fourth-order valence-electron chi connectivity index (χ4n) is 1.66. The summed E-state index contributed by atoms with van der Waals surface area (Å²) in [5.74, 6) is -0.119. The van der Waals surface area contributed by atoms with E-state index in [1.807, 2.05) is 20.2 Å². The Labute approximate surface area is 106 Å². The van der Waals surface area contributed by atoms with Crippen LogP contribution in [0.15, 0.2) is 36.7 Å². The van der Waals surface area contributed by atoms with E-state index in [0.29, 0.717) is 11.3 Å². The highest BCUT2D eigenvalue weighted by Crippen LogP contribution is 2.12. The van der Waals surface area contributed by atoms with Crippen LogP contribution in [0.2, 0.25) is 0 Å². The Morgan fingerprint density at radius 1 is 1.39 bits per heavy atom. The predicted octanol–water partition coefficient (Wildman–Crippen LogP) is 1.49. The zero-order valence-electron chi connectivity index (χ0n) is 10.4. The molecule has 0 aliphatic carbocycles. The summed E-state index contributed by atoms with van der Waals surface area (Å²) in [7, 11) is 1.85. The molecule has 1 amide bonds. The molecule has 2 aromatic rings. The topological polar surface area (TPSA) is 72.9 Å². The van der Waals surface area contributed by atoms with Gasteiger partial charge in [0.2, 0.25) is 0 Å². The first kappa shape index (κ1) is 12.2. The number of nitrogens with one attached hydrogen (secondary N) is 1. The highest BCUT2D eigenvalue weighted by molar-refractivity contribution is 5.94. The second-order valence-electron chi connectivity index (χ2n) is 4.26. The number of nitrogen functional groups attached to an aromatic ring is 1. The van der Waals surface area contributed by atoms with Crippen molar-refractivity contribution in [3.63, 3.8) is 0 Å². The summed E-state index contributed by atoms with van der Waals surface area (Å²) in [5.41, 5.74) is 7.79. The third kappa shape index (κ3) is 2.68. The summed E-state index contributed by atoms with van der Waals surface area (Å²) in [6.45, 7) is 1.92. The molecule has 0 aliphatic rings. The van der Waals surface area contributed by atoms with Crippen LogP contribution in [0.1, 0.15) is 28.9 Å². The molecule has 5 nitrogen and oxygen atoms in total. The van der Waals surface area contributed by atoms with Gasteiger partial charge in [-0.2, -0.15) is 5.10 Å². The quantitative estimate of drug-likeness (QED) is 0.803. The summed E-state index contributed by atoms with van der Waals surface area (Å²) in [6.07, 6.45) is 3.63. The minimum Gasteiger partial charge on any atom is -0.399 e. The van der Waals surface area contributed by atoms with Crippen LogP contribution < -0.4 is 11.1 Å². The first-order valence-corrected chi connectivity index (χ1v) is 5.71. The van der Waals surface area contributed by atoms with Crippen molar-refractivity contribution in [1.29, 1.82) is 0 Å². The van der Waals surface area contributed by atoms with Gasteiger partial charge in [0.05, 0.1) is 12.2 Å². The average Bonchev–Trinajstić information content (AvgIpc) is 2.76. The molecule has 18 heavy (non-hydrogen) atoms. The van der Waals surface area contributed by atoms with Gasteiger partial charge in [-0.3, -0.25) is 9.48 Å². The number of nitrogens with two attached hydrogens (primary N) is 1. The minimum atomic E-state index is -0.119. The van der Waals surface area contributed by atoms with Gasteiger partial charge in [-0.25, -0.2) is 0 Å². The number of carbonyl (C=O) groups excluding carboxylic acids is 1. The van der Waals surface area contributed by atoms with Crippen molar-refractivity contribution >= 4 is 11.6 Å². The SMILES string of the molecule is CC(NC(=O)c1ccc(N)cc1)c1cnn(C)c1. The number of rotatable bonds is 3. The van der Waals surface area contributed by atoms with Crippen molar-refractivity contribution in [2.24, 2.45) is 7.05 Å². The second kappa shape index (κ2) is 4.91. The molecule has 94 valence electrons. The molecule has 1 aromatic carbocycles. The first-order chi connectivity index (χ1) is 8.56. The van der Waals surface area contributed by atoms with Crippen LogP contribution in [0.25, 0.3) is 0 Å². The fourth-order valence-corrected chi connectivity index (χ4v) is 1.66. The summed E-state index contributed by atoms with van der Waals surface area (Å²) in [6, 6.07) is 6.76. The third-order valence-corrected chi connectivity index (χ3v) is 2.75. The van der Waals surface area contributed by atoms with E-state index >= 15 is 0 Å². The Morgan fingerprint density at radius 3 is 2.61 bits per heavy atom. The van der Waals surface area contributed by atoms with Crippen LogP contribution in [0.3, 0.4) is 0 Å². The Bertz CT molecular complexity index is 544. The zero-order valence-corrected chi connectivity index (χ0v) is 10.4. The summed E-state index contributed by atoms with van der Waals surface area (Å²) < 4.78 is 1.71.